The molecule has 3 aromatic rings. The molecule has 0 saturated carbocycles. The Morgan fingerprint density at radius 2 is 1.75 bits per heavy atom. The van der Waals surface area contributed by atoms with E-state index < -0.39 is 0 Å². The van der Waals surface area contributed by atoms with Crippen LogP contribution in [0.3, 0.4) is 0 Å². The molecule has 1 aliphatic heterocycles. The third-order valence-corrected chi connectivity index (χ3v) is 4.05. The van der Waals surface area contributed by atoms with Crippen molar-refractivity contribution in [2.75, 3.05) is 31.0 Å². The van der Waals surface area contributed by atoms with Crippen LogP contribution in [0.15, 0.2) is 54.6 Å². The maximum Gasteiger partial charge on any atom is 0.256 e. The van der Waals surface area contributed by atoms with E-state index >= 15 is 0 Å². The maximum absolute atomic E-state index is 12.3. The molecule has 1 amide bonds. The number of ether oxygens (including phenoxy) is 3. The minimum Gasteiger partial charge on any atom is -0.497 e. The predicted molar refractivity (Wildman–Crippen MR) is 104 cm³/mol. The van der Waals surface area contributed by atoms with Gasteiger partial charge in [-0.25, -0.2) is 0 Å². The van der Waals surface area contributed by atoms with E-state index in [-0.39, 0.29) is 5.91 Å². The fourth-order valence-corrected chi connectivity index (χ4v) is 2.69. The highest BCUT2D eigenvalue weighted by Gasteiger charge is 2.12. The number of nitrogens with one attached hydrogen (secondary N) is 2. The number of hydrogen-bond acceptors (Lipinski definition) is 7. The summed E-state index contributed by atoms with van der Waals surface area (Å²) in [6.07, 6.45) is 0. The first-order valence-electron chi connectivity index (χ1n) is 8.67. The van der Waals surface area contributed by atoms with E-state index in [1.807, 2.05) is 18.2 Å². The number of anilines is 3. The van der Waals surface area contributed by atoms with Crippen molar-refractivity contribution in [1.82, 2.24) is 10.2 Å². The fraction of sp³-hybridized carbons (Fsp3) is 0.150. The molecule has 2 aromatic carbocycles. The van der Waals surface area contributed by atoms with Gasteiger partial charge in [0.25, 0.3) is 5.91 Å². The first-order chi connectivity index (χ1) is 13.7. The number of carbonyl (C=O) groups excluding carboxylic acids is 1. The zero-order valence-corrected chi connectivity index (χ0v) is 15.1. The first kappa shape index (κ1) is 17.6. The van der Waals surface area contributed by atoms with Crippen LogP contribution >= 0.6 is 0 Å². The molecule has 1 aromatic heterocycles. The molecule has 2 heterocycles. The number of fused-ring (bicyclic) bond motifs is 1. The summed E-state index contributed by atoms with van der Waals surface area (Å²) in [6, 6.07) is 15.8. The van der Waals surface area contributed by atoms with E-state index in [4.69, 9.17) is 14.2 Å². The summed E-state index contributed by atoms with van der Waals surface area (Å²) in [4.78, 5) is 12.3. The van der Waals surface area contributed by atoms with Crippen molar-refractivity contribution in [2.24, 2.45) is 0 Å². The van der Waals surface area contributed by atoms with Gasteiger partial charge in [-0.2, -0.15) is 0 Å². The van der Waals surface area contributed by atoms with Crippen LogP contribution < -0.4 is 24.8 Å². The van der Waals surface area contributed by atoms with Gasteiger partial charge in [0.2, 0.25) is 0 Å². The Morgan fingerprint density at radius 3 is 2.54 bits per heavy atom. The van der Waals surface area contributed by atoms with E-state index in [9.17, 15) is 4.79 Å². The second-order valence-corrected chi connectivity index (χ2v) is 5.97. The van der Waals surface area contributed by atoms with Gasteiger partial charge in [0.05, 0.1) is 7.11 Å². The molecule has 0 atom stereocenters. The molecule has 0 unspecified atom stereocenters. The number of rotatable bonds is 5. The van der Waals surface area contributed by atoms with Gasteiger partial charge in [-0.15, -0.1) is 10.2 Å². The van der Waals surface area contributed by atoms with Crippen LogP contribution in [0, 0.1) is 0 Å². The summed E-state index contributed by atoms with van der Waals surface area (Å²) in [7, 11) is 1.55. The fourth-order valence-electron chi connectivity index (χ4n) is 2.69. The van der Waals surface area contributed by atoms with Crippen LogP contribution in [0.5, 0.6) is 17.2 Å². The average molecular weight is 378 g/mol. The van der Waals surface area contributed by atoms with E-state index in [0.717, 1.165) is 11.4 Å². The number of hydrogen-bond donors (Lipinski definition) is 2. The molecule has 28 heavy (non-hydrogen) atoms. The maximum atomic E-state index is 12.3. The van der Waals surface area contributed by atoms with Crippen molar-refractivity contribution in [3.05, 3.63) is 60.2 Å². The molecule has 142 valence electrons. The summed E-state index contributed by atoms with van der Waals surface area (Å²) in [6.45, 7) is 1.08. The quantitative estimate of drug-likeness (QED) is 0.704. The lowest BCUT2D eigenvalue weighted by molar-refractivity contribution is 0.102. The smallest absolute Gasteiger partial charge is 0.256 e. The summed E-state index contributed by atoms with van der Waals surface area (Å²) >= 11 is 0. The highest BCUT2D eigenvalue weighted by atomic mass is 16.6. The minimum absolute atomic E-state index is 0.291. The molecule has 4 rings (SSSR count). The second kappa shape index (κ2) is 7.83. The van der Waals surface area contributed by atoms with E-state index in [1.165, 1.54) is 0 Å². The molecule has 0 aliphatic carbocycles. The van der Waals surface area contributed by atoms with Crippen molar-refractivity contribution in [3.8, 4) is 17.2 Å². The number of aromatic nitrogens is 2. The van der Waals surface area contributed by atoms with Crippen LogP contribution in [-0.2, 0) is 0 Å². The average Bonchev–Trinajstić information content (AvgIpc) is 2.75. The van der Waals surface area contributed by atoms with Crippen molar-refractivity contribution < 1.29 is 19.0 Å². The molecule has 1 aliphatic rings. The Bertz CT molecular complexity index is 992. The number of benzene rings is 2. The van der Waals surface area contributed by atoms with E-state index in [0.29, 0.717) is 41.9 Å². The van der Waals surface area contributed by atoms with Crippen LogP contribution in [0.4, 0.5) is 17.3 Å². The van der Waals surface area contributed by atoms with Gasteiger partial charge in [-0.3, -0.25) is 4.79 Å². The van der Waals surface area contributed by atoms with Crippen LogP contribution in [0.25, 0.3) is 0 Å². The molecule has 2 N–H and O–H groups in total. The molecule has 0 radical (unpaired) electrons. The standard InChI is InChI=1S/C20H18N4O4/c1-26-15-4-2-3-13(11-15)20(25)22-19-8-7-18(23-24-19)21-14-5-6-16-17(12-14)28-10-9-27-16/h2-8,11-12H,9-10H2,1H3,(H,21,23)(H,22,24,25). The number of methoxy groups -OCH3 is 1. The number of amides is 1. The van der Waals surface area contributed by atoms with Crippen molar-refractivity contribution >= 4 is 23.2 Å². The number of carbonyl (C=O) groups is 1. The summed E-state index contributed by atoms with van der Waals surface area (Å²) in [5, 5.41) is 14.0. The molecule has 0 fully saturated rings. The Kier molecular flexibility index (Phi) is 4.92. The molecule has 8 heteroatoms. The van der Waals surface area contributed by atoms with Gasteiger partial charge in [0.15, 0.2) is 23.1 Å². The van der Waals surface area contributed by atoms with Crippen LogP contribution in [0.2, 0.25) is 0 Å². The SMILES string of the molecule is COc1cccc(C(=O)Nc2ccc(Nc3ccc4c(c3)OCCO4)nn2)c1. The van der Waals surface area contributed by atoms with Crippen molar-refractivity contribution in [2.45, 2.75) is 0 Å². The zero-order valence-electron chi connectivity index (χ0n) is 15.1. The highest BCUT2D eigenvalue weighted by molar-refractivity contribution is 6.04. The first-order valence-corrected chi connectivity index (χ1v) is 8.67. The molecule has 0 spiro atoms. The van der Waals surface area contributed by atoms with Gasteiger partial charge in [0.1, 0.15) is 19.0 Å². The summed E-state index contributed by atoms with van der Waals surface area (Å²) in [5.41, 5.74) is 1.27. The predicted octanol–water partition coefficient (Wildman–Crippen LogP) is 3.25. The summed E-state index contributed by atoms with van der Waals surface area (Å²) < 4.78 is 16.2. The van der Waals surface area contributed by atoms with Crippen molar-refractivity contribution in [1.29, 1.82) is 0 Å². The molecule has 0 bridgehead atoms. The molecular formula is C20H18N4O4. The van der Waals surface area contributed by atoms with Gasteiger partial charge in [0, 0.05) is 17.3 Å². The minimum atomic E-state index is -0.291. The van der Waals surface area contributed by atoms with Crippen LogP contribution in [-0.4, -0.2) is 36.4 Å². The third kappa shape index (κ3) is 3.96. The second-order valence-electron chi connectivity index (χ2n) is 5.97. The summed E-state index contributed by atoms with van der Waals surface area (Å²) in [5.74, 6) is 2.61. The lowest BCUT2D eigenvalue weighted by Gasteiger charge is -2.19. The number of nitrogens with zero attached hydrogens (tertiary/aromatic N) is 2. The van der Waals surface area contributed by atoms with Crippen molar-refractivity contribution in [3.63, 3.8) is 0 Å². The Labute approximate surface area is 161 Å². The van der Waals surface area contributed by atoms with Gasteiger partial charge in [-0.1, -0.05) is 6.07 Å². The largest absolute Gasteiger partial charge is 0.497 e. The van der Waals surface area contributed by atoms with E-state index in [2.05, 4.69) is 20.8 Å². The Balaban J connectivity index is 1.41. The van der Waals surface area contributed by atoms with Crippen LogP contribution in [0.1, 0.15) is 10.4 Å². The topological polar surface area (TPSA) is 94.6 Å². The molecule has 0 saturated heterocycles. The highest BCUT2D eigenvalue weighted by Crippen LogP contribution is 2.33. The molecule has 8 nitrogen and oxygen atoms in total. The molecular weight excluding hydrogens is 360 g/mol. The zero-order chi connectivity index (χ0) is 19.3. The van der Waals surface area contributed by atoms with Gasteiger partial charge >= 0.3 is 0 Å². The normalized spacial score (nSPS) is 12.2. The monoisotopic (exact) mass is 378 g/mol. The van der Waals surface area contributed by atoms with Gasteiger partial charge in [-0.05, 0) is 42.5 Å². The Morgan fingerprint density at radius 1 is 0.964 bits per heavy atom. The lowest BCUT2D eigenvalue weighted by atomic mass is 10.2. The Hall–Kier alpha value is -3.81. The lowest BCUT2D eigenvalue weighted by Crippen LogP contribution is -2.15. The van der Waals surface area contributed by atoms with E-state index in [1.54, 1.807) is 43.5 Å². The van der Waals surface area contributed by atoms with Gasteiger partial charge < -0.3 is 24.8 Å². The third-order valence-electron chi connectivity index (χ3n) is 4.05.